The second-order valence-corrected chi connectivity index (χ2v) is 9.39. The Morgan fingerprint density at radius 2 is 1.28 bits per heavy atom. The topological polar surface area (TPSA) is 61.8 Å². The molecule has 0 aliphatic carbocycles. The molecule has 1 aromatic carbocycles. The van der Waals surface area contributed by atoms with Crippen molar-refractivity contribution in [3.8, 4) is 17.2 Å². The van der Waals surface area contributed by atoms with Gasteiger partial charge in [0.1, 0.15) is 5.75 Å². The van der Waals surface area contributed by atoms with E-state index in [4.69, 9.17) is 14.2 Å². The minimum absolute atomic E-state index is 0.244. The summed E-state index contributed by atoms with van der Waals surface area (Å²) in [5, 5.41) is 0. The van der Waals surface area contributed by atoms with Gasteiger partial charge in [-0.25, -0.2) is 0 Å². The number of carbonyl (C=O) groups excluding carboxylic acids is 2. The zero-order chi connectivity index (χ0) is 23.8. The zero-order valence-electron chi connectivity index (χ0n) is 20.9. The maximum Gasteiger partial charge on any atom is 0.311 e. The van der Waals surface area contributed by atoms with Crippen molar-refractivity contribution in [2.45, 2.75) is 105 Å². The Balaban J connectivity index is 2.67. The Bertz CT molecular complexity index is 666. The van der Waals surface area contributed by atoms with Crippen LogP contribution in [-0.2, 0) is 9.59 Å². The molecule has 0 saturated carbocycles. The maximum atomic E-state index is 12.3. The van der Waals surface area contributed by atoms with Gasteiger partial charge in [0.25, 0.3) is 0 Å². The SMILES string of the molecule is CCCCCCCCCOc1ccc(OC(=O)CCC(C)C)c(OC(=O)CCC(C)C)c1. The van der Waals surface area contributed by atoms with Gasteiger partial charge in [0.2, 0.25) is 0 Å². The van der Waals surface area contributed by atoms with E-state index in [2.05, 4.69) is 34.6 Å². The van der Waals surface area contributed by atoms with Crippen LogP contribution in [0.1, 0.15) is 105 Å². The van der Waals surface area contributed by atoms with E-state index in [1.165, 1.54) is 32.1 Å². The van der Waals surface area contributed by atoms with E-state index in [-0.39, 0.29) is 23.4 Å². The van der Waals surface area contributed by atoms with E-state index in [1.54, 1.807) is 18.2 Å². The molecule has 1 rings (SSSR count). The lowest BCUT2D eigenvalue weighted by Gasteiger charge is -2.14. The molecule has 0 aliphatic heterocycles. The van der Waals surface area contributed by atoms with Crippen molar-refractivity contribution in [3.05, 3.63) is 18.2 Å². The molecule has 0 aromatic heterocycles. The van der Waals surface area contributed by atoms with Crippen LogP contribution in [0.15, 0.2) is 18.2 Å². The van der Waals surface area contributed by atoms with Gasteiger partial charge >= 0.3 is 11.9 Å². The van der Waals surface area contributed by atoms with Gasteiger partial charge in [-0.3, -0.25) is 9.59 Å². The first-order valence-electron chi connectivity index (χ1n) is 12.5. The molecule has 0 amide bonds. The van der Waals surface area contributed by atoms with Crippen LogP contribution in [0.2, 0.25) is 0 Å². The molecule has 0 atom stereocenters. The third kappa shape index (κ3) is 13.4. The van der Waals surface area contributed by atoms with Crippen LogP contribution >= 0.6 is 0 Å². The lowest BCUT2D eigenvalue weighted by atomic mass is 10.1. The molecule has 0 fully saturated rings. The Morgan fingerprint density at radius 3 is 1.84 bits per heavy atom. The number of hydrogen-bond donors (Lipinski definition) is 0. The van der Waals surface area contributed by atoms with Crippen molar-refractivity contribution >= 4 is 11.9 Å². The quantitative estimate of drug-likeness (QED) is 0.140. The molecule has 0 N–H and O–H groups in total. The minimum Gasteiger partial charge on any atom is -0.493 e. The summed E-state index contributed by atoms with van der Waals surface area (Å²) in [6.45, 7) is 11.1. The molecule has 0 spiro atoms. The number of ether oxygens (including phenoxy) is 3. The average Bonchev–Trinajstić information content (AvgIpc) is 2.74. The number of unbranched alkanes of at least 4 members (excludes halogenated alkanes) is 6. The van der Waals surface area contributed by atoms with Crippen LogP contribution in [0.5, 0.6) is 17.2 Å². The number of esters is 2. The van der Waals surface area contributed by atoms with Crippen LogP contribution in [0.25, 0.3) is 0 Å². The first kappa shape index (κ1) is 28.0. The molecule has 1 aromatic rings. The zero-order valence-corrected chi connectivity index (χ0v) is 20.9. The van der Waals surface area contributed by atoms with E-state index in [0.717, 1.165) is 25.7 Å². The van der Waals surface area contributed by atoms with Gasteiger partial charge in [0.05, 0.1) is 6.61 Å². The van der Waals surface area contributed by atoms with Crippen molar-refractivity contribution < 1.29 is 23.8 Å². The van der Waals surface area contributed by atoms with Crippen LogP contribution in [0.3, 0.4) is 0 Å². The van der Waals surface area contributed by atoms with Crippen molar-refractivity contribution in [2.75, 3.05) is 6.61 Å². The molecule has 0 saturated heterocycles. The number of carbonyl (C=O) groups is 2. The van der Waals surface area contributed by atoms with Gasteiger partial charge < -0.3 is 14.2 Å². The lowest BCUT2D eigenvalue weighted by Crippen LogP contribution is -2.13. The summed E-state index contributed by atoms with van der Waals surface area (Å²) >= 11 is 0. The standard InChI is InChI=1S/C27H44O5/c1-6-7-8-9-10-11-12-19-30-23-15-16-24(31-26(28)17-13-21(2)3)25(20-23)32-27(29)18-14-22(4)5/h15-16,20-22H,6-14,17-19H2,1-5H3. The van der Waals surface area contributed by atoms with Crippen molar-refractivity contribution in [1.29, 1.82) is 0 Å². The van der Waals surface area contributed by atoms with Crippen molar-refractivity contribution in [2.24, 2.45) is 11.8 Å². The molecular weight excluding hydrogens is 404 g/mol. The Hall–Kier alpha value is -2.04. The van der Waals surface area contributed by atoms with Crippen molar-refractivity contribution in [1.82, 2.24) is 0 Å². The second kappa shape index (κ2) is 16.6. The molecule has 5 nitrogen and oxygen atoms in total. The van der Waals surface area contributed by atoms with Gasteiger partial charge in [-0.05, 0) is 43.2 Å². The summed E-state index contributed by atoms with van der Waals surface area (Å²) in [7, 11) is 0. The molecule has 0 heterocycles. The minimum atomic E-state index is -0.331. The molecule has 32 heavy (non-hydrogen) atoms. The van der Waals surface area contributed by atoms with Gasteiger partial charge in [-0.1, -0.05) is 73.1 Å². The van der Waals surface area contributed by atoms with E-state index in [1.807, 2.05) is 0 Å². The number of rotatable bonds is 17. The smallest absolute Gasteiger partial charge is 0.311 e. The van der Waals surface area contributed by atoms with Gasteiger partial charge in [-0.15, -0.1) is 0 Å². The summed E-state index contributed by atoms with van der Waals surface area (Å²) in [6, 6.07) is 5.07. The van der Waals surface area contributed by atoms with Gasteiger partial charge in [0.15, 0.2) is 11.5 Å². The predicted molar refractivity (Wildman–Crippen MR) is 129 cm³/mol. The Kier molecular flexibility index (Phi) is 14.5. The average molecular weight is 449 g/mol. The van der Waals surface area contributed by atoms with Gasteiger partial charge in [-0.2, -0.15) is 0 Å². The van der Waals surface area contributed by atoms with E-state index < -0.39 is 0 Å². The number of benzene rings is 1. The highest BCUT2D eigenvalue weighted by atomic mass is 16.6. The molecule has 0 aliphatic rings. The maximum absolute atomic E-state index is 12.3. The molecule has 0 unspecified atom stereocenters. The normalized spacial score (nSPS) is 11.1. The first-order valence-corrected chi connectivity index (χ1v) is 12.5. The highest BCUT2D eigenvalue weighted by Crippen LogP contribution is 2.33. The fraction of sp³-hybridized carbons (Fsp3) is 0.704. The number of hydrogen-bond acceptors (Lipinski definition) is 5. The Morgan fingerprint density at radius 1 is 0.750 bits per heavy atom. The third-order valence-electron chi connectivity index (χ3n) is 5.23. The van der Waals surface area contributed by atoms with Crippen LogP contribution in [-0.4, -0.2) is 18.5 Å². The molecule has 182 valence electrons. The fourth-order valence-electron chi connectivity index (χ4n) is 3.15. The molecule has 0 bridgehead atoms. The summed E-state index contributed by atoms with van der Waals surface area (Å²) < 4.78 is 16.9. The summed E-state index contributed by atoms with van der Waals surface area (Å²) in [4.78, 5) is 24.5. The largest absolute Gasteiger partial charge is 0.493 e. The van der Waals surface area contributed by atoms with Crippen LogP contribution in [0.4, 0.5) is 0 Å². The predicted octanol–water partition coefficient (Wildman–Crippen LogP) is 7.50. The van der Waals surface area contributed by atoms with E-state index in [9.17, 15) is 9.59 Å². The fourth-order valence-corrected chi connectivity index (χ4v) is 3.15. The Labute approximate surface area is 195 Å². The third-order valence-corrected chi connectivity index (χ3v) is 5.23. The van der Waals surface area contributed by atoms with Crippen LogP contribution < -0.4 is 14.2 Å². The van der Waals surface area contributed by atoms with Crippen molar-refractivity contribution in [3.63, 3.8) is 0 Å². The molecule has 0 radical (unpaired) electrons. The van der Waals surface area contributed by atoms with E-state index >= 15 is 0 Å². The monoisotopic (exact) mass is 448 g/mol. The molecule has 5 heteroatoms. The van der Waals surface area contributed by atoms with E-state index in [0.29, 0.717) is 37.0 Å². The summed E-state index contributed by atoms with van der Waals surface area (Å²) in [5.74, 6) is 1.29. The lowest BCUT2D eigenvalue weighted by molar-refractivity contribution is -0.137. The highest BCUT2D eigenvalue weighted by Gasteiger charge is 2.16. The van der Waals surface area contributed by atoms with Gasteiger partial charge in [0, 0.05) is 18.9 Å². The first-order chi connectivity index (χ1) is 15.3. The molecular formula is C27H44O5. The summed E-state index contributed by atoms with van der Waals surface area (Å²) in [6.07, 6.45) is 10.7. The highest BCUT2D eigenvalue weighted by molar-refractivity contribution is 5.76. The second-order valence-electron chi connectivity index (χ2n) is 9.39. The van der Waals surface area contributed by atoms with Crippen LogP contribution in [0, 0.1) is 11.8 Å². The summed E-state index contributed by atoms with van der Waals surface area (Å²) in [5.41, 5.74) is 0.